The summed E-state index contributed by atoms with van der Waals surface area (Å²) < 4.78 is 0. The Kier molecular flexibility index (Phi) is 4.93. The Labute approximate surface area is 130 Å². The molecule has 1 aromatic rings. The van der Waals surface area contributed by atoms with Gasteiger partial charge in [-0.05, 0) is 36.6 Å². The second kappa shape index (κ2) is 6.90. The molecular weight excluding hydrogens is 282 g/mol. The second-order valence-electron chi connectivity index (χ2n) is 6.16. The molecular formula is C16H25N3OS. The zero-order chi connectivity index (χ0) is 14.7. The number of nitrogens with two attached hydrogens (primary N) is 1. The summed E-state index contributed by atoms with van der Waals surface area (Å²) in [5.74, 6) is 1.01. The number of piperidine rings is 2. The molecule has 0 saturated carbocycles. The van der Waals surface area contributed by atoms with Gasteiger partial charge in [-0.25, -0.2) is 0 Å². The van der Waals surface area contributed by atoms with Gasteiger partial charge in [0.15, 0.2) is 0 Å². The maximum absolute atomic E-state index is 12.3. The van der Waals surface area contributed by atoms with Gasteiger partial charge in [-0.15, -0.1) is 11.3 Å². The van der Waals surface area contributed by atoms with Gasteiger partial charge in [0.1, 0.15) is 0 Å². The lowest BCUT2D eigenvalue weighted by molar-refractivity contribution is -0.141. The molecule has 0 bridgehead atoms. The number of hydrogen-bond acceptors (Lipinski definition) is 4. The van der Waals surface area contributed by atoms with Crippen molar-refractivity contribution in [2.24, 2.45) is 11.7 Å². The highest BCUT2D eigenvalue weighted by Gasteiger charge is 2.38. The number of hydrogen-bond donors (Lipinski definition) is 1. The van der Waals surface area contributed by atoms with Crippen molar-refractivity contribution >= 4 is 17.2 Å². The highest BCUT2D eigenvalue weighted by atomic mass is 32.1. The summed E-state index contributed by atoms with van der Waals surface area (Å²) in [6, 6.07) is 4.72. The largest absolute Gasteiger partial charge is 0.339 e. The quantitative estimate of drug-likeness (QED) is 0.898. The molecule has 0 unspecified atom stereocenters. The van der Waals surface area contributed by atoms with E-state index in [2.05, 4.69) is 27.3 Å². The third-order valence-corrected chi connectivity index (χ3v) is 5.79. The van der Waals surface area contributed by atoms with Gasteiger partial charge in [-0.1, -0.05) is 6.07 Å². The summed E-state index contributed by atoms with van der Waals surface area (Å²) in [7, 11) is 0. The molecule has 3 rings (SSSR count). The minimum Gasteiger partial charge on any atom is -0.339 e. The number of likely N-dealkylation sites (tertiary alicyclic amines) is 2. The molecule has 2 fully saturated rings. The molecule has 5 heteroatoms. The molecule has 0 spiro atoms. The van der Waals surface area contributed by atoms with Crippen LogP contribution in [-0.2, 0) is 11.2 Å². The Morgan fingerprint density at radius 3 is 3.00 bits per heavy atom. The normalized spacial score (nSPS) is 26.9. The van der Waals surface area contributed by atoms with Crippen LogP contribution in [0, 0.1) is 5.92 Å². The minimum absolute atomic E-state index is 0.361. The Balaban J connectivity index is 1.61. The lowest BCUT2D eigenvalue weighted by Crippen LogP contribution is -2.56. The first-order valence-electron chi connectivity index (χ1n) is 8.02. The predicted octanol–water partition coefficient (Wildman–Crippen LogP) is 1.56. The number of amides is 1. The van der Waals surface area contributed by atoms with Crippen LogP contribution in [0.4, 0.5) is 0 Å². The van der Waals surface area contributed by atoms with E-state index < -0.39 is 0 Å². The Morgan fingerprint density at radius 1 is 1.33 bits per heavy atom. The highest BCUT2D eigenvalue weighted by Crippen LogP contribution is 2.31. The van der Waals surface area contributed by atoms with E-state index in [1.54, 1.807) is 11.3 Å². The van der Waals surface area contributed by atoms with Crippen molar-refractivity contribution in [3.8, 4) is 0 Å². The van der Waals surface area contributed by atoms with Gasteiger partial charge in [-0.3, -0.25) is 4.79 Å². The molecule has 116 valence electrons. The molecule has 21 heavy (non-hydrogen) atoms. The van der Waals surface area contributed by atoms with Gasteiger partial charge in [0.05, 0.1) is 0 Å². The number of rotatable bonds is 5. The maximum atomic E-state index is 12.3. The number of nitrogens with zero attached hydrogens (tertiary/aromatic N) is 2. The summed E-state index contributed by atoms with van der Waals surface area (Å²) in [5, 5.41) is 2.11. The fraction of sp³-hybridized carbons (Fsp3) is 0.688. The molecule has 2 N–H and O–H groups in total. The molecule has 2 aliphatic heterocycles. The van der Waals surface area contributed by atoms with Crippen LogP contribution in [0.1, 0.15) is 24.1 Å². The zero-order valence-electron chi connectivity index (χ0n) is 12.5. The van der Waals surface area contributed by atoms with E-state index in [1.165, 1.54) is 4.88 Å². The number of carbonyl (C=O) groups is 1. The summed E-state index contributed by atoms with van der Waals surface area (Å²) in [6.07, 6.45) is 3.89. The fourth-order valence-corrected chi connectivity index (χ4v) is 4.49. The van der Waals surface area contributed by atoms with Crippen molar-refractivity contribution in [2.45, 2.75) is 31.7 Å². The molecule has 0 aromatic carbocycles. The van der Waals surface area contributed by atoms with E-state index >= 15 is 0 Å². The SMILES string of the molecule is NCCN1CC[C@@H]2[C@@H](CCC(=O)N2CCc2cccs2)C1. The molecule has 1 aromatic heterocycles. The first-order chi connectivity index (χ1) is 10.3. The van der Waals surface area contributed by atoms with Crippen molar-refractivity contribution in [3.05, 3.63) is 22.4 Å². The first-order valence-corrected chi connectivity index (χ1v) is 8.90. The lowest BCUT2D eigenvalue weighted by Gasteiger charge is -2.47. The lowest BCUT2D eigenvalue weighted by atomic mass is 9.83. The van der Waals surface area contributed by atoms with Crippen molar-refractivity contribution in [3.63, 3.8) is 0 Å². The summed E-state index contributed by atoms with van der Waals surface area (Å²) in [6.45, 7) is 4.81. The Morgan fingerprint density at radius 2 is 2.24 bits per heavy atom. The second-order valence-corrected chi connectivity index (χ2v) is 7.19. The highest BCUT2D eigenvalue weighted by molar-refractivity contribution is 7.09. The van der Waals surface area contributed by atoms with Crippen LogP contribution in [0.15, 0.2) is 17.5 Å². The molecule has 2 saturated heterocycles. The van der Waals surface area contributed by atoms with E-state index in [-0.39, 0.29) is 0 Å². The van der Waals surface area contributed by atoms with Crippen LogP contribution in [0.3, 0.4) is 0 Å². The Bertz CT molecular complexity index is 462. The predicted molar refractivity (Wildman–Crippen MR) is 86.4 cm³/mol. The molecule has 2 atom stereocenters. The average Bonchev–Trinajstić information content (AvgIpc) is 3.00. The zero-order valence-corrected chi connectivity index (χ0v) is 13.4. The van der Waals surface area contributed by atoms with Crippen LogP contribution in [0.25, 0.3) is 0 Å². The van der Waals surface area contributed by atoms with Crippen molar-refractivity contribution in [2.75, 3.05) is 32.7 Å². The smallest absolute Gasteiger partial charge is 0.222 e. The van der Waals surface area contributed by atoms with Gasteiger partial charge >= 0.3 is 0 Å². The summed E-state index contributed by atoms with van der Waals surface area (Å²) >= 11 is 1.79. The first kappa shape index (κ1) is 15.0. The third kappa shape index (κ3) is 3.47. The maximum Gasteiger partial charge on any atom is 0.222 e. The molecule has 1 amide bonds. The van der Waals surface area contributed by atoms with Gasteiger partial charge in [0.25, 0.3) is 0 Å². The van der Waals surface area contributed by atoms with E-state index in [4.69, 9.17) is 5.73 Å². The standard InChI is InChI=1S/C16H25N3OS/c17-7-10-18-8-6-15-13(12-18)3-4-16(20)19(15)9-5-14-2-1-11-21-14/h1-2,11,13,15H,3-10,12,17H2/t13-,15+/m0/s1. The fourth-order valence-electron chi connectivity index (χ4n) is 3.79. The number of fused-ring (bicyclic) bond motifs is 1. The topological polar surface area (TPSA) is 49.6 Å². The summed E-state index contributed by atoms with van der Waals surface area (Å²) in [4.78, 5) is 18.3. The van der Waals surface area contributed by atoms with Gasteiger partial charge in [0, 0.05) is 50.1 Å². The third-order valence-electron chi connectivity index (χ3n) is 4.85. The van der Waals surface area contributed by atoms with E-state index in [0.29, 0.717) is 17.9 Å². The van der Waals surface area contributed by atoms with Crippen molar-refractivity contribution in [1.29, 1.82) is 0 Å². The number of carbonyl (C=O) groups excluding carboxylic acids is 1. The molecule has 0 aliphatic carbocycles. The Hall–Kier alpha value is -0.910. The monoisotopic (exact) mass is 307 g/mol. The van der Waals surface area contributed by atoms with Gasteiger partial charge in [-0.2, -0.15) is 0 Å². The van der Waals surface area contributed by atoms with E-state index in [1.807, 2.05) is 0 Å². The molecule has 0 radical (unpaired) electrons. The van der Waals surface area contributed by atoms with E-state index in [0.717, 1.165) is 58.4 Å². The molecule has 3 heterocycles. The van der Waals surface area contributed by atoms with E-state index in [9.17, 15) is 4.79 Å². The van der Waals surface area contributed by atoms with Gasteiger partial charge < -0.3 is 15.5 Å². The van der Waals surface area contributed by atoms with Crippen LogP contribution in [-0.4, -0.2) is 54.5 Å². The number of thiophene rings is 1. The molecule has 4 nitrogen and oxygen atoms in total. The van der Waals surface area contributed by atoms with Gasteiger partial charge in [0.2, 0.25) is 5.91 Å². The average molecular weight is 307 g/mol. The molecule has 2 aliphatic rings. The van der Waals surface area contributed by atoms with Crippen molar-refractivity contribution < 1.29 is 4.79 Å². The van der Waals surface area contributed by atoms with Crippen LogP contribution in [0.2, 0.25) is 0 Å². The van der Waals surface area contributed by atoms with Crippen molar-refractivity contribution in [1.82, 2.24) is 9.80 Å². The van der Waals surface area contributed by atoms with Crippen LogP contribution in [0.5, 0.6) is 0 Å². The van der Waals surface area contributed by atoms with Crippen LogP contribution < -0.4 is 5.73 Å². The van der Waals surface area contributed by atoms with Crippen LogP contribution >= 0.6 is 11.3 Å². The summed E-state index contributed by atoms with van der Waals surface area (Å²) in [5.41, 5.74) is 5.67. The minimum atomic E-state index is 0.361.